The fourth-order valence-corrected chi connectivity index (χ4v) is 2.34. The van der Waals surface area contributed by atoms with Gasteiger partial charge in [0, 0.05) is 5.70 Å². The fourth-order valence-electron chi connectivity index (χ4n) is 2.34. The molecule has 0 spiro atoms. The van der Waals surface area contributed by atoms with Crippen LogP contribution in [0.5, 0.6) is 5.75 Å². The normalized spacial score (nSPS) is 18.8. The maximum absolute atomic E-state index is 12.5. The standard InChI is InChI=1S/C17H22N2O4/c1-5-10(2)23-16(20)14-11(3)18-17(21)19-15(14)12-6-8-13(22-4)9-7-12/h6-10,15H,5H2,1-4H3,(H2,18,19,21)/t10-,15+/m0/s1. The zero-order chi connectivity index (χ0) is 17.0. The van der Waals surface area contributed by atoms with E-state index in [-0.39, 0.29) is 12.1 Å². The summed E-state index contributed by atoms with van der Waals surface area (Å²) in [4.78, 5) is 24.3. The Labute approximate surface area is 135 Å². The first-order valence-electron chi connectivity index (χ1n) is 7.59. The highest BCUT2D eigenvalue weighted by Crippen LogP contribution is 2.29. The van der Waals surface area contributed by atoms with Gasteiger partial charge >= 0.3 is 12.0 Å². The molecule has 0 unspecified atom stereocenters. The van der Waals surface area contributed by atoms with Crippen LogP contribution in [0.15, 0.2) is 35.5 Å². The van der Waals surface area contributed by atoms with E-state index < -0.39 is 12.0 Å². The highest BCUT2D eigenvalue weighted by atomic mass is 16.5. The number of urea groups is 1. The average molecular weight is 318 g/mol. The van der Waals surface area contributed by atoms with E-state index in [0.717, 1.165) is 12.0 Å². The highest BCUT2D eigenvalue weighted by Gasteiger charge is 2.32. The molecule has 0 saturated carbocycles. The first-order chi connectivity index (χ1) is 11.0. The summed E-state index contributed by atoms with van der Waals surface area (Å²) in [6, 6.07) is 6.32. The number of hydrogen-bond donors (Lipinski definition) is 2. The molecule has 0 saturated heterocycles. The molecule has 2 N–H and O–H groups in total. The van der Waals surface area contributed by atoms with Gasteiger partial charge in [0.1, 0.15) is 5.75 Å². The average Bonchev–Trinajstić information content (AvgIpc) is 2.53. The lowest BCUT2D eigenvalue weighted by molar-refractivity contribution is -0.144. The van der Waals surface area contributed by atoms with Crippen molar-refractivity contribution in [2.24, 2.45) is 0 Å². The van der Waals surface area contributed by atoms with Crippen molar-refractivity contribution in [3.05, 3.63) is 41.1 Å². The van der Waals surface area contributed by atoms with Crippen molar-refractivity contribution in [3.8, 4) is 5.75 Å². The largest absolute Gasteiger partial charge is 0.497 e. The highest BCUT2D eigenvalue weighted by molar-refractivity contribution is 5.95. The Morgan fingerprint density at radius 2 is 1.96 bits per heavy atom. The first kappa shape index (κ1) is 16.9. The van der Waals surface area contributed by atoms with Crippen LogP contribution in [0.25, 0.3) is 0 Å². The van der Waals surface area contributed by atoms with Gasteiger partial charge < -0.3 is 20.1 Å². The fraction of sp³-hybridized carbons (Fsp3) is 0.412. The zero-order valence-electron chi connectivity index (χ0n) is 13.8. The van der Waals surface area contributed by atoms with Crippen LogP contribution in [-0.4, -0.2) is 25.2 Å². The quantitative estimate of drug-likeness (QED) is 0.818. The minimum atomic E-state index is -0.550. The van der Waals surface area contributed by atoms with E-state index in [1.165, 1.54) is 0 Å². The molecule has 1 heterocycles. The van der Waals surface area contributed by atoms with Crippen LogP contribution in [0.3, 0.4) is 0 Å². The third kappa shape index (κ3) is 3.83. The molecule has 0 fully saturated rings. The van der Waals surface area contributed by atoms with Crippen molar-refractivity contribution in [1.82, 2.24) is 10.6 Å². The first-order valence-corrected chi connectivity index (χ1v) is 7.59. The number of amides is 2. The smallest absolute Gasteiger partial charge is 0.338 e. The molecule has 124 valence electrons. The van der Waals surface area contributed by atoms with Gasteiger partial charge in [-0.1, -0.05) is 19.1 Å². The zero-order valence-corrected chi connectivity index (χ0v) is 13.8. The molecule has 1 aliphatic rings. The van der Waals surface area contributed by atoms with Gasteiger partial charge in [0.05, 0.1) is 24.8 Å². The van der Waals surface area contributed by atoms with Crippen molar-refractivity contribution >= 4 is 12.0 Å². The number of rotatable bonds is 5. The van der Waals surface area contributed by atoms with E-state index in [0.29, 0.717) is 17.0 Å². The molecule has 2 atom stereocenters. The Morgan fingerprint density at radius 1 is 1.30 bits per heavy atom. The van der Waals surface area contributed by atoms with Crippen LogP contribution in [-0.2, 0) is 9.53 Å². The van der Waals surface area contributed by atoms with Gasteiger partial charge in [-0.25, -0.2) is 9.59 Å². The van der Waals surface area contributed by atoms with Gasteiger partial charge in [-0.05, 0) is 38.0 Å². The number of nitrogens with one attached hydrogen (secondary N) is 2. The summed E-state index contributed by atoms with van der Waals surface area (Å²) in [5, 5.41) is 5.40. The molecule has 0 radical (unpaired) electrons. The molecule has 1 aliphatic heterocycles. The van der Waals surface area contributed by atoms with Gasteiger partial charge in [0.15, 0.2) is 0 Å². The van der Waals surface area contributed by atoms with E-state index in [2.05, 4.69) is 10.6 Å². The molecule has 23 heavy (non-hydrogen) atoms. The molecule has 6 heteroatoms. The molecule has 1 aromatic rings. The van der Waals surface area contributed by atoms with E-state index >= 15 is 0 Å². The van der Waals surface area contributed by atoms with Crippen LogP contribution >= 0.6 is 0 Å². The monoisotopic (exact) mass is 318 g/mol. The van der Waals surface area contributed by atoms with Crippen molar-refractivity contribution in [1.29, 1.82) is 0 Å². The maximum atomic E-state index is 12.5. The van der Waals surface area contributed by atoms with Crippen molar-refractivity contribution < 1.29 is 19.1 Å². The molecule has 2 rings (SSSR count). The molecule has 2 amide bonds. The minimum absolute atomic E-state index is 0.183. The topological polar surface area (TPSA) is 76.7 Å². The number of hydrogen-bond acceptors (Lipinski definition) is 4. The molecular formula is C17H22N2O4. The predicted octanol–water partition coefficient (Wildman–Crippen LogP) is 2.66. The van der Waals surface area contributed by atoms with Crippen LogP contribution in [0.2, 0.25) is 0 Å². The van der Waals surface area contributed by atoms with Crippen LogP contribution < -0.4 is 15.4 Å². The lowest BCUT2D eigenvalue weighted by Crippen LogP contribution is -2.45. The predicted molar refractivity (Wildman–Crippen MR) is 85.9 cm³/mol. The summed E-state index contributed by atoms with van der Waals surface area (Å²) in [6.07, 6.45) is 0.544. The molecule has 6 nitrogen and oxygen atoms in total. The summed E-state index contributed by atoms with van der Waals surface area (Å²) < 4.78 is 10.6. The third-order valence-electron chi connectivity index (χ3n) is 3.82. The lowest BCUT2D eigenvalue weighted by atomic mass is 9.95. The van der Waals surface area contributed by atoms with Crippen molar-refractivity contribution in [2.75, 3.05) is 7.11 Å². The van der Waals surface area contributed by atoms with E-state index in [4.69, 9.17) is 9.47 Å². The van der Waals surface area contributed by atoms with Crippen molar-refractivity contribution in [3.63, 3.8) is 0 Å². The van der Waals surface area contributed by atoms with Gasteiger partial charge in [0.25, 0.3) is 0 Å². The second kappa shape index (κ2) is 7.17. The van der Waals surface area contributed by atoms with E-state index in [1.807, 2.05) is 26.0 Å². The summed E-state index contributed by atoms with van der Waals surface area (Å²) >= 11 is 0. The van der Waals surface area contributed by atoms with Crippen LogP contribution in [0, 0.1) is 0 Å². The minimum Gasteiger partial charge on any atom is -0.497 e. The van der Waals surface area contributed by atoms with Gasteiger partial charge in [0.2, 0.25) is 0 Å². The second-order valence-electron chi connectivity index (χ2n) is 5.47. The Hall–Kier alpha value is -2.50. The lowest BCUT2D eigenvalue weighted by Gasteiger charge is -2.28. The summed E-state index contributed by atoms with van der Waals surface area (Å²) in [5.74, 6) is 0.281. The van der Waals surface area contributed by atoms with Gasteiger partial charge in [-0.3, -0.25) is 0 Å². The Kier molecular flexibility index (Phi) is 5.26. The number of ether oxygens (including phenoxy) is 2. The second-order valence-corrected chi connectivity index (χ2v) is 5.47. The number of esters is 1. The Bertz CT molecular complexity index is 622. The van der Waals surface area contributed by atoms with E-state index in [1.54, 1.807) is 26.2 Å². The third-order valence-corrected chi connectivity index (χ3v) is 3.82. The number of benzene rings is 1. The van der Waals surface area contributed by atoms with Crippen molar-refractivity contribution in [2.45, 2.75) is 39.3 Å². The van der Waals surface area contributed by atoms with Gasteiger partial charge in [-0.15, -0.1) is 0 Å². The molecule has 0 bridgehead atoms. The number of allylic oxidation sites excluding steroid dienone is 1. The SMILES string of the molecule is CC[C@H](C)OC(=O)C1=C(C)NC(=O)N[C@@H]1c1ccc(OC)cc1. The summed E-state index contributed by atoms with van der Waals surface area (Å²) in [7, 11) is 1.58. The van der Waals surface area contributed by atoms with Crippen LogP contribution in [0.1, 0.15) is 38.8 Å². The molecule has 1 aromatic carbocycles. The molecular weight excluding hydrogens is 296 g/mol. The number of carbonyl (C=O) groups excluding carboxylic acids is 2. The van der Waals surface area contributed by atoms with E-state index in [9.17, 15) is 9.59 Å². The summed E-state index contributed by atoms with van der Waals surface area (Å²) in [5.41, 5.74) is 1.70. The number of carbonyl (C=O) groups is 2. The molecule has 0 aliphatic carbocycles. The Morgan fingerprint density at radius 3 is 2.52 bits per heavy atom. The maximum Gasteiger partial charge on any atom is 0.338 e. The molecule has 0 aromatic heterocycles. The van der Waals surface area contributed by atoms with Gasteiger partial charge in [-0.2, -0.15) is 0 Å². The number of methoxy groups -OCH3 is 1. The Balaban J connectivity index is 2.35. The summed E-state index contributed by atoms with van der Waals surface area (Å²) in [6.45, 7) is 5.48. The van der Waals surface area contributed by atoms with Crippen LogP contribution in [0.4, 0.5) is 4.79 Å².